The van der Waals surface area contributed by atoms with Crippen LogP contribution in [0, 0.1) is 0 Å². The Hall–Kier alpha value is -2.70. The van der Waals surface area contributed by atoms with E-state index >= 15 is 0 Å². The number of nitrogens with one attached hydrogen (secondary N) is 1. The van der Waals surface area contributed by atoms with Crippen LogP contribution in [0.3, 0.4) is 0 Å². The monoisotopic (exact) mass is 532 g/mol. The van der Waals surface area contributed by atoms with Crippen LogP contribution in [-0.2, 0) is 34.0 Å². The van der Waals surface area contributed by atoms with Gasteiger partial charge in [0.25, 0.3) is 0 Å². The quantitative estimate of drug-likeness (QED) is 0.360. The highest BCUT2D eigenvalue weighted by Crippen LogP contribution is 2.31. The first-order valence-corrected chi connectivity index (χ1v) is 16.0. The van der Waals surface area contributed by atoms with Crippen molar-refractivity contribution in [1.82, 2.24) is 10.2 Å². The summed E-state index contributed by atoms with van der Waals surface area (Å²) in [5.41, 5.74) is 5.12. The molecule has 0 aromatic heterocycles. The molecule has 2 aliphatic rings. The molecule has 1 fully saturated rings. The van der Waals surface area contributed by atoms with E-state index in [1.54, 1.807) is 12.1 Å². The van der Waals surface area contributed by atoms with Crippen LogP contribution in [-0.4, -0.2) is 38.1 Å². The van der Waals surface area contributed by atoms with Crippen LogP contribution in [0.4, 0.5) is 0 Å². The molecule has 5 rings (SSSR count). The molecule has 0 unspecified atom stereocenters. The van der Waals surface area contributed by atoms with Crippen LogP contribution in [0.2, 0.25) is 0 Å². The Bertz CT molecular complexity index is 1390. The Balaban J connectivity index is 1.16. The minimum absolute atomic E-state index is 0.0140. The first-order valence-electron chi connectivity index (χ1n) is 14.3. The minimum atomic E-state index is -3.45. The highest BCUT2D eigenvalue weighted by molar-refractivity contribution is 7.91. The maximum atomic E-state index is 13.0. The SMILES string of the molecule is CCc1ccc2ccc(S(=O)(=O)CCCC(=O)N[C@@H]3CCCc4cc(CN5CCCCC5)ccc43)cc2c1. The molecule has 0 bridgehead atoms. The number of likely N-dealkylation sites (tertiary alicyclic amines) is 1. The molecule has 1 aliphatic heterocycles. The van der Waals surface area contributed by atoms with Gasteiger partial charge < -0.3 is 5.32 Å². The van der Waals surface area contributed by atoms with E-state index in [0.29, 0.717) is 11.3 Å². The third-order valence-corrected chi connectivity index (χ3v) is 9.97. The summed E-state index contributed by atoms with van der Waals surface area (Å²) < 4.78 is 26.0. The van der Waals surface area contributed by atoms with Crippen molar-refractivity contribution < 1.29 is 13.2 Å². The second-order valence-electron chi connectivity index (χ2n) is 11.0. The van der Waals surface area contributed by atoms with E-state index in [9.17, 15) is 13.2 Å². The number of amides is 1. The van der Waals surface area contributed by atoms with E-state index in [2.05, 4.69) is 47.5 Å². The number of hydrogen-bond acceptors (Lipinski definition) is 4. The average Bonchev–Trinajstić information content (AvgIpc) is 2.93. The second kappa shape index (κ2) is 12.0. The van der Waals surface area contributed by atoms with Crippen molar-refractivity contribution >= 4 is 26.5 Å². The molecule has 3 aromatic rings. The van der Waals surface area contributed by atoms with Crippen molar-refractivity contribution in [2.45, 2.75) is 82.2 Å². The van der Waals surface area contributed by atoms with Crippen molar-refractivity contribution in [2.75, 3.05) is 18.8 Å². The maximum absolute atomic E-state index is 13.0. The van der Waals surface area contributed by atoms with Gasteiger partial charge in [-0.2, -0.15) is 0 Å². The lowest BCUT2D eigenvalue weighted by Gasteiger charge is -2.29. The van der Waals surface area contributed by atoms with Crippen LogP contribution in [0.1, 0.15) is 80.2 Å². The van der Waals surface area contributed by atoms with Gasteiger partial charge >= 0.3 is 0 Å². The number of piperidine rings is 1. The van der Waals surface area contributed by atoms with Gasteiger partial charge in [0.2, 0.25) is 5.91 Å². The highest BCUT2D eigenvalue weighted by Gasteiger charge is 2.23. The molecule has 1 atom stereocenters. The topological polar surface area (TPSA) is 66.5 Å². The van der Waals surface area contributed by atoms with Gasteiger partial charge in [0.15, 0.2) is 9.84 Å². The van der Waals surface area contributed by atoms with E-state index in [0.717, 1.165) is 43.0 Å². The zero-order chi connectivity index (χ0) is 26.5. The van der Waals surface area contributed by atoms with E-state index in [-0.39, 0.29) is 24.1 Å². The van der Waals surface area contributed by atoms with Gasteiger partial charge in [-0.3, -0.25) is 9.69 Å². The Labute approximate surface area is 227 Å². The van der Waals surface area contributed by atoms with Crippen LogP contribution in [0.25, 0.3) is 10.8 Å². The molecule has 5 nitrogen and oxygen atoms in total. The zero-order valence-corrected chi connectivity index (χ0v) is 23.4. The number of carbonyl (C=O) groups excluding carboxylic acids is 1. The van der Waals surface area contributed by atoms with Crippen LogP contribution in [0.15, 0.2) is 59.5 Å². The molecule has 1 amide bonds. The standard InChI is InChI=1S/C32H40N2O3S/c1-2-24-11-13-26-14-15-29(22-28(26)20-24)38(36,37)19-7-10-32(35)33-31-9-6-8-27-21-25(12-16-30(27)31)23-34-17-4-3-5-18-34/h11-16,20-22,31H,2-10,17-19,23H2,1H3,(H,33,35)/t31-/m1/s1. The third-order valence-electron chi connectivity index (χ3n) is 8.17. The molecule has 202 valence electrons. The first kappa shape index (κ1) is 26.9. The summed E-state index contributed by atoms with van der Waals surface area (Å²) in [5.74, 6) is -0.0953. The number of carbonyl (C=O) groups is 1. The number of fused-ring (bicyclic) bond motifs is 2. The van der Waals surface area contributed by atoms with Gasteiger partial charge in [0.05, 0.1) is 16.7 Å². The average molecular weight is 533 g/mol. The van der Waals surface area contributed by atoms with Crippen molar-refractivity contribution in [3.63, 3.8) is 0 Å². The Morgan fingerprint density at radius 3 is 2.53 bits per heavy atom. The van der Waals surface area contributed by atoms with Gasteiger partial charge in [0.1, 0.15) is 0 Å². The first-order chi connectivity index (χ1) is 18.4. The molecule has 0 radical (unpaired) electrons. The third kappa shape index (κ3) is 6.47. The summed E-state index contributed by atoms with van der Waals surface area (Å²) in [6.45, 7) is 5.47. The van der Waals surface area contributed by atoms with Gasteiger partial charge in [-0.05, 0) is 103 Å². The van der Waals surface area contributed by atoms with Crippen LogP contribution in [0.5, 0.6) is 0 Å². The predicted octanol–water partition coefficient (Wildman–Crippen LogP) is 6.14. The van der Waals surface area contributed by atoms with E-state index < -0.39 is 9.84 Å². The number of nitrogens with zero attached hydrogens (tertiary/aromatic N) is 1. The molecule has 0 spiro atoms. The number of benzene rings is 3. The fourth-order valence-electron chi connectivity index (χ4n) is 5.99. The molecule has 3 aromatic carbocycles. The number of hydrogen-bond donors (Lipinski definition) is 1. The van der Waals surface area contributed by atoms with Crippen LogP contribution < -0.4 is 5.32 Å². The summed E-state index contributed by atoms with van der Waals surface area (Å²) in [5, 5.41) is 5.17. The summed E-state index contributed by atoms with van der Waals surface area (Å²) in [6, 6.07) is 18.3. The predicted molar refractivity (Wildman–Crippen MR) is 154 cm³/mol. The van der Waals surface area contributed by atoms with E-state index in [1.807, 2.05) is 12.1 Å². The minimum Gasteiger partial charge on any atom is -0.349 e. The van der Waals surface area contributed by atoms with Crippen LogP contribution >= 0.6 is 0 Å². The highest BCUT2D eigenvalue weighted by atomic mass is 32.2. The Morgan fingerprint density at radius 2 is 1.71 bits per heavy atom. The summed E-state index contributed by atoms with van der Waals surface area (Å²) in [4.78, 5) is 15.7. The Morgan fingerprint density at radius 1 is 0.921 bits per heavy atom. The number of rotatable bonds is 9. The van der Waals surface area contributed by atoms with E-state index in [1.165, 1.54) is 54.6 Å². The molecule has 1 heterocycles. The molecule has 38 heavy (non-hydrogen) atoms. The summed E-state index contributed by atoms with van der Waals surface area (Å²) >= 11 is 0. The normalized spacial score (nSPS) is 18.3. The largest absolute Gasteiger partial charge is 0.349 e. The van der Waals surface area contributed by atoms with Gasteiger partial charge in [-0.15, -0.1) is 0 Å². The fourth-order valence-corrected chi connectivity index (χ4v) is 7.33. The van der Waals surface area contributed by atoms with Crippen molar-refractivity contribution in [1.29, 1.82) is 0 Å². The maximum Gasteiger partial charge on any atom is 0.220 e. The Kier molecular flexibility index (Phi) is 8.49. The lowest BCUT2D eigenvalue weighted by atomic mass is 9.86. The lowest BCUT2D eigenvalue weighted by molar-refractivity contribution is -0.121. The summed E-state index contributed by atoms with van der Waals surface area (Å²) in [7, 11) is -3.45. The molecular formula is C32H40N2O3S. The second-order valence-corrected chi connectivity index (χ2v) is 13.1. The molecule has 1 N–H and O–H groups in total. The fraction of sp³-hybridized carbons (Fsp3) is 0.469. The summed E-state index contributed by atoms with van der Waals surface area (Å²) in [6.07, 6.45) is 8.41. The molecule has 1 aliphatic carbocycles. The van der Waals surface area contributed by atoms with Gasteiger partial charge in [-0.1, -0.05) is 55.8 Å². The van der Waals surface area contributed by atoms with E-state index in [4.69, 9.17) is 0 Å². The van der Waals surface area contributed by atoms with Crippen molar-refractivity contribution in [3.8, 4) is 0 Å². The van der Waals surface area contributed by atoms with Gasteiger partial charge in [0, 0.05) is 13.0 Å². The van der Waals surface area contributed by atoms with Crippen molar-refractivity contribution in [3.05, 3.63) is 76.9 Å². The number of aryl methyl sites for hydroxylation is 2. The molecular weight excluding hydrogens is 492 g/mol. The number of sulfone groups is 1. The van der Waals surface area contributed by atoms with Gasteiger partial charge in [-0.25, -0.2) is 8.42 Å². The molecule has 1 saturated heterocycles. The van der Waals surface area contributed by atoms with Crippen molar-refractivity contribution in [2.24, 2.45) is 0 Å². The smallest absolute Gasteiger partial charge is 0.220 e. The zero-order valence-electron chi connectivity index (χ0n) is 22.5. The lowest BCUT2D eigenvalue weighted by Crippen LogP contribution is -2.31. The molecule has 0 saturated carbocycles. The molecule has 6 heteroatoms.